The van der Waals surface area contributed by atoms with Crippen molar-refractivity contribution in [2.24, 2.45) is 0 Å². The topological polar surface area (TPSA) is 55.3 Å². The number of amides is 1. The van der Waals surface area contributed by atoms with Gasteiger partial charge in [-0.05, 0) is 24.8 Å². The van der Waals surface area contributed by atoms with E-state index in [0.29, 0.717) is 5.88 Å². The average Bonchev–Trinajstić information content (AvgIpc) is 3.12. The van der Waals surface area contributed by atoms with E-state index in [9.17, 15) is 4.79 Å². The summed E-state index contributed by atoms with van der Waals surface area (Å²) in [4.78, 5) is 23.7. The lowest BCUT2D eigenvalue weighted by Crippen LogP contribution is -2.38. The Bertz CT molecular complexity index is 873. The molecular formula is C19H19N3O2S. The van der Waals surface area contributed by atoms with Gasteiger partial charge in [-0.15, -0.1) is 11.3 Å². The Kier molecular flexibility index (Phi) is 4.61. The van der Waals surface area contributed by atoms with Gasteiger partial charge in [0.25, 0.3) is 5.91 Å². The number of hydrogen-bond donors (Lipinski definition) is 0. The predicted octanol–water partition coefficient (Wildman–Crippen LogP) is 3.75. The van der Waals surface area contributed by atoms with Gasteiger partial charge in [-0.2, -0.15) is 0 Å². The highest BCUT2D eigenvalue weighted by Gasteiger charge is 2.19. The van der Waals surface area contributed by atoms with Gasteiger partial charge in [0.2, 0.25) is 5.88 Å². The van der Waals surface area contributed by atoms with Crippen molar-refractivity contribution < 1.29 is 9.53 Å². The molecule has 1 aromatic carbocycles. The molecule has 1 fully saturated rings. The molecule has 0 aliphatic carbocycles. The van der Waals surface area contributed by atoms with E-state index in [1.807, 2.05) is 23.1 Å². The van der Waals surface area contributed by atoms with Crippen LogP contribution in [0.5, 0.6) is 5.88 Å². The number of aromatic nitrogens is 2. The number of piperidine rings is 1. The zero-order valence-corrected chi connectivity index (χ0v) is 14.7. The third-order valence-electron chi connectivity index (χ3n) is 4.46. The number of hydrogen-bond acceptors (Lipinski definition) is 5. The molecule has 1 aliphatic heterocycles. The van der Waals surface area contributed by atoms with Crippen LogP contribution in [0.15, 0.2) is 42.0 Å². The molecule has 0 radical (unpaired) electrons. The lowest BCUT2D eigenvalue weighted by molar-refractivity contribution is -0.134. The summed E-state index contributed by atoms with van der Waals surface area (Å²) < 4.78 is 5.82. The summed E-state index contributed by atoms with van der Waals surface area (Å²) in [6, 6.07) is 10.1. The van der Waals surface area contributed by atoms with Crippen molar-refractivity contribution >= 4 is 27.5 Å². The van der Waals surface area contributed by atoms with Gasteiger partial charge >= 0.3 is 0 Å². The summed E-state index contributed by atoms with van der Waals surface area (Å²) in [6.45, 7) is 1.68. The molecule has 6 heteroatoms. The molecule has 3 heterocycles. The quantitative estimate of drug-likeness (QED) is 0.717. The van der Waals surface area contributed by atoms with Crippen LogP contribution in [0, 0.1) is 0 Å². The highest BCUT2D eigenvalue weighted by atomic mass is 32.1. The van der Waals surface area contributed by atoms with E-state index >= 15 is 0 Å². The van der Waals surface area contributed by atoms with Crippen LogP contribution in [0.25, 0.3) is 21.3 Å². The van der Waals surface area contributed by atoms with E-state index in [-0.39, 0.29) is 12.5 Å². The minimum Gasteiger partial charge on any atom is -0.467 e. The monoisotopic (exact) mass is 353 g/mol. The highest BCUT2D eigenvalue weighted by molar-refractivity contribution is 7.17. The van der Waals surface area contributed by atoms with Crippen molar-refractivity contribution in [1.29, 1.82) is 0 Å². The minimum atomic E-state index is 0.0240. The minimum absolute atomic E-state index is 0.0240. The number of ether oxygens (including phenoxy) is 1. The average molecular weight is 353 g/mol. The van der Waals surface area contributed by atoms with Crippen molar-refractivity contribution in [3.8, 4) is 17.0 Å². The molecule has 0 spiro atoms. The summed E-state index contributed by atoms with van der Waals surface area (Å²) >= 11 is 1.56. The first-order chi connectivity index (χ1) is 12.3. The molecule has 1 saturated heterocycles. The summed E-state index contributed by atoms with van der Waals surface area (Å²) in [7, 11) is 0. The summed E-state index contributed by atoms with van der Waals surface area (Å²) in [5.74, 6) is 0.512. The molecule has 128 valence electrons. The Morgan fingerprint density at radius 2 is 1.92 bits per heavy atom. The largest absolute Gasteiger partial charge is 0.467 e. The molecule has 4 rings (SSSR count). The predicted molar refractivity (Wildman–Crippen MR) is 98.8 cm³/mol. The Balaban J connectivity index is 1.59. The zero-order valence-electron chi connectivity index (χ0n) is 13.9. The fourth-order valence-corrected chi connectivity index (χ4v) is 4.06. The molecule has 0 N–H and O–H groups in total. The van der Waals surface area contributed by atoms with Gasteiger partial charge in [0, 0.05) is 24.0 Å². The number of thiophene rings is 1. The molecule has 2 aromatic heterocycles. The normalized spacial score (nSPS) is 14.6. The zero-order chi connectivity index (χ0) is 17.1. The smallest absolute Gasteiger partial charge is 0.260 e. The molecule has 0 saturated carbocycles. The van der Waals surface area contributed by atoms with E-state index in [1.54, 1.807) is 11.3 Å². The molecule has 1 aliphatic rings. The van der Waals surface area contributed by atoms with Crippen molar-refractivity contribution in [2.75, 3.05) is 19.7 Å². The van der Waals surface area contributed by atoms with Gasteiger partial charge in [-0.25, -0.2) is 9.97 Å². The van der Waals surface area contributed by atoms with E-state index in [4.69, 9.17) is 4.74 Å². The SMILES string of the molecule is O=C(COc1ncnc2scc(-c3ccccc3)c12)N1CCCCC1. The second-order valence-electron chi connectivity index (χ2n) is 6.10. The number of likely N-dealkylation sites (tertiary alicyclic amines) is 1. The first kappa shape index (κ1) is 16.0. The molecular weight excluding hydrogens is 334 g/mol. The first-order valence-corrected chi connectivity index (χ1v) is 9.39. The molecule has 0 bridgehead atoms. The fourth-order valence-electron chi connectivity index (χ4n) is 3.15. The van der Waals surface area contributed by atoms with Crippen molar-refractivity contribution in [1.82, 2.24) is 14.9 Å². The molecule has 1 amide bonds. The molecule has 0 atom stereocenters. The van der Waals surface area contributed by atoms with Crippen molar-refractivity contribution in [3.05, 3.63) is 42.0 Å². The van der Waals surface area contributed by atoms with E-state index in [2.05, 4.69) is 27.5 Å². The molecule has 0 unspecified atom stereocenters. The Hall–Kier alpha value is -2.47. The third kappa shape index (κ3) is 3.35. The maximum absolute atomic E-state index is 12.4. The summed E-state index contributed by atoms with van der Waals surface area (Å²) in [6.07, 6.45) is 4.85. The summed E-state index contributed by atoms with van der Waals surface area (Å²) in [5, 5.41) is 2.94. The van der Waals surface area contributed by atoms with Crippen molar-refractivity contribution in [3.63, 3.8) is 0 Å². The lowest BCUT2D eigenvalue weighted by atomic mass is 10.1. The standard InChI is InChI=1S/C19H19N3O2S/c23-16(22-9-5-2-6-10-22)11-24-18-17-15(14-7-3-1-4-8-14)12-25-19(17)21-13-20-18/h1,3-4,7-8,12-13H,2,5-6,9-11H2. The van der Waals surface area contributed by atoms with Crippen molar-refractivity contribution in [2.45, 2.75) is 19.3 Å². The van der Waals surface area contributed by atoms with E-state index in [0.717, 1.165) is 47.3 Å². The van der Waals surface area contributed by atoms with E-state index in [1.165, 1.54) is 12.7 Å². The van der Waals surface area contributed by atoms with Crippen LogP contribution in [0.3, 0.4) is 0 Å². The number of benzene rings is 1. The number of fused-ring (bicyclic) bond motifs is 1. The maximum Gasteiger partial charge on any atom is 0.260 e. The first-order valence-electron chi connectivity index (χ1n) is 8.51. The van der Waals surface area contributed by atoms with Gasteiger partial charge in [-0.1, -0.05) is 30.3 Å². The Morgan fingerprint density at radius 1 is 1.12 bits per heavy atom. The third-order valence-corrected chi connectivity index (χ3v) is 5.35. The van der Waals surface area contributed by atoms with Crippen LogP contribution in [0.4, 0.5) is 0 Å². The number of nitrogens with zero attached hydrogens (tertiary/aromatic N) is 3. The van der Waals surface area contributed by atoms with Gasteiger partial charge in [-0.3, -0.25) is 4.79 Å². The van der Waals surface area contributed by atoms with Gasteiger partial charge in [0.1, 0.15) is 11.2 Å². The number of rotatable bonds is 4. The van der Waals surface area contributed by atoms with Gasteiger partial charge < -0.3 is 9.64 Å². The Morgan fingerprint density at radius 3 is 2.72 bits per heavy atom. The highest BCUT2D eigenvalue weighted by Crippen LogP contribution is 2.37. The van der Waals surface area contributed by atoms with Crippen LogP contribution in [0.1, 0.15) is 19.3 Å². The number of carbonyl (C=O) groups excluding carboxylic acids is 1. The van der Waals surface area contributed by atoms with Gasteiger partial charge in [0.15, 0.2) is 6.61 Å². The second-order valence-corrected chi connectivity index (χ2v) is 6.96. The van der Waals surface area contributed by atoms with Crippen LogP contribution in [0.2, 0.25) is 0 Å². The van der Waals surface area contributed by atoms with Crippen LogP contribution in [-0.4, -0.2) is 40.5 Å². The van der Waals surface area contributed by atoms with Crippen LogP contribution >= 0.6 is 11.3 Å². The van der Waals surface area contributed by atoms with Crippen LogP contribution < -0.4 is 4.74 Å². The maximum atomic E-state index is 12.4. The lowest BCUT2D eigenvalue weighted by Gasteiger charge is -2.26. The van der Waals surface area contributed by atoms with Crippen LogP contribution in [-0.2, 0) is 4.79 Å². The molecule has 5 nitrogen and oxygen atoms in total. The van der Waals surface area contributed by atoms with E-state index < -0.39 is 0 Å². The number of carbonyl (C=O) groups is 1. The molecule has 25 heavy (non-hydrogen) atoms. The Labute approximate surface area is 150 Å². The second kappa shape index (κ2) is 7.19. The van der Waals surface area contributed by atoms with Gasteiger partial charge in [0.05, 0.1) is 5.39 Å². The molecule has 3 aromatic rings. The summed E-state index contributed by atoms with van der Waals surface area (Å²) in [5.41, 5.74) is 2.14. The fraction of sp³-hybridized carbons (Fsp3) is 0.316.